The molecule has 7 heteroatoms. The summed E-state index contributed by atoms with van der Waals surface area (Å²) in [5, 5.41) is 2.11. The van der Waals surface area contributed by atoms with Gasteiger partial charge in [0.2, 0.25) is 0 Å². The number of hydrogen-bond donors (Lipinski definition) is 1. The molecule has 0 saturated heterocycles. The second-order valence-corrected chi connectivity index (χ2v) is 7.75. The predicted molar refractivity (Wildman–Crippen MR) is 105 cm³/mol. The standard InChI is InChI=1S/C19H19BrFNO3S/c1-3-9-25-19(24)12(2)26-17-11-16(15(21)10-14(17)20)22-18(23)13-7-5-4-6-8-13/h4-8,10-12H,3,9H2,1-2H3,(H,22,23). The quantitative estimate of drug-likeness (QED) is 0.471. The molecule has 4 nitrogen and oxygen atoms in total. The fourth-order valence-corrected chi connectivity index (χ4v) is 3.56. The molecular weight excluding hydrogens is 421 g/mol. The zero-order valence-corrected chi connectivity index (χ0v) is 16.8. The number of halogens is 2. The molecule has 0 aliphatic rings. The maximum absolute atomic E-state index is 14.2. The largest absolute Gasteiger partial charge is 0.465 e. The molecule has 1 atom stereocenters. The molecule has 1 unspecified atom stereocenters. The lowest BCUT2D eigenvalue weighted by Crippen LogP contribution is -2.17. The first-order valence-electron chi connectivity index (χ1n) is 8.11. The third-order valence-electron chi connectivity index (χ3n) is 3.39. The van der Waals surface area contributed by atoms with Gasteiger partial charge in [0, 0.05) is 14.9 Å². The van der Waals surface area contributed by atoms with Gasteiger partial charge in [0.1, 0.15) is 11.1 Å². The number of benzene rings is 2. The second-order valence-electron chi connectivity index (χ2n) is 5.51. The van der Waals surface area contributed by atoms with Crippen LogP contribution in [-0.2, 0) is 9.53 Å². The lowest BCUT2D eigenvalue weighted by molar-refractivity contribution is -0.142. The zero-order chi connectivity index (χ0) is 19.1. The van der Waals surface area contributed by atoms with Gasteiger partial charge in [0.25, 0.3) is 5.91 Å². The molecule has 26 heavy (non-hydrogen) atoms. The number of ether oxygens (including phenoxy) is 1. The minimum absolute atomic E-state index is 0.0543. The number of hydrogen-bond acceptors (Lipinski definition) is 4. The summed E-state index contributed by atoms with van der Waals surface area (Å²) in [7, 11) is 0. The summed E-state index contributed by atoms with van der Waals surface area (Å²) in [6.07, 6.45) is 0.749. The van der Waals surface area contributed by atoms with Crippen LogP contribution in [0.1, 0.15) is 30.6 Å². The van der Waals surface area contributed by atoms with Crippen LogP contribution in [-0.4, -0.2) is 23.7 Å². The van der Waals surface area contributed by atoms with Gasteiger partial charge in [0.05, 0.1) is 12.3 Å². The normalized spacial score (nSPS) is 11.7. The molecule has 0 radical (unpaired) electrons. The predicted octanol–water partition coefficient (Wildman–Crippen LogP) is 5.27. The van der Waals surface area contributed by atoms with Crippen LogP contribution < -0.4 is 5.32 Å². The number of amides is 1. The van der Waals surface area contributed by atoms with Gasteiger partial charge in [-0.3, -0.25) is 9.59 Å². The smallest absolute Gasteiger partial charge is 0.319 e. The molecule has 0 aliphatic carbocycles. The number of esters is 1. The van der Waals surface area contributed by atoms with Crippen molar-refractivity contribution in [2.75, 3.05) is 11.9 Å². The molecular formula is C19H19BrFNO3S. The molecule has 2 aromatic rings. The van der Waals surface area contributed by atoms with Crippen LogP contribution in [0.15, 0.2) is 51.8 Å². The molecule has 138 valence electrons. The molecule has 1 N–H and O–H groups in total. The van der Waals surface area contributed by atoms with E-state index in [4.69, 9.17) is 4.74 Å². The van der Waals surface area contributed by atoms with Crippen molar-refractivity contribution in [1.82, 2.24) is 0 Å². The van der Waals surface area contributed by atoms with E-state index in [0.717, 1.165) is 6.42 Å². The number of nitrogens with one attached hydrogen (secondary N) is 1. The first kappa shape index (κ1) is 20.5. The molecule has 1 amide bonds. The number of anilines is 1. The van der Waals surface area contributed by atoms with Crippen LogP contribution in [0.3, 0.4) is 0 Å². The molecule has 0 bridgehead atoms. The lowest BCUT2D eigenvalue weighted by Gasteiger charge is -2.14. The van der Waals surface area contributed by atoms with Gasteiger partial charge in [-0.2, -0.15) is 0 Å². The molecule has 0 heterocycles. The second kappa shape index (κ2) is 9.73. The average Bonchev–Trinajstić information content (AvgIpc) is 2.64. The zero-order valence-electron chi connectivity index (χ0n) is 14.4. The van der Waals surface area contributed by atoms with Crippen LogP contribution in [0.2, 0.25) is 0 Å². The number of carbonyl (C=O) groups excluding carboxylic acids is 2. The van der Waals surface area contributed by atoms with E-state index in [9.17, 15) is 14.0 Å². The van der Waals surface area contributed by atoms with E-state index in [2.05, 4.69) is 21.2 Å². The SMILES string of the molecule is CCCOC(=O)C(C)Sc1cc(NC(=O)c2ccccc2)c(F)cc1Br. The third-order valence-corrected chi connectivity index (χ3v) is 5.45. The summed E-state index contributed by atoms with van der Waals surface area (Å²) in [6.45, 7) is 4.01. The highest BCUT2D eigenvalue weighted by Gasteiger charge is 2.19. The number of rotatable bonds is 7. The van der Waals surface area contributed by atoms with Gasteiger partial charge in [-0.15, -0.1) is 11.8 Å². The van der Waals surface area contributed by atoms with E-state index in [-0.39, 0.29) is 11.7 Å². The molecule has 0 aliphatic heterocycles. The Bertz CT molecular complexity index is 786. The summed E-state index contributed by atoms with van der Waals surface area (Å²) < 4.78 is 19.9. The molecule has 0 saturated carbocycles. The van der Waals surface area contributed by atoms with Crippen molar-refractivity contribution in [2.24, 2.45) is 0 Å². The third kappa shape index (κ3) is 5.57. The maximum atomic E-state index is 14.2. The van der Waals surface area contributed by atoms with E-state index in [1.54, 1.807) is 37.3 Å². The Kier molecular flexibility index (Phi) is 7.66. The summed E-state index contributed by atoms with van der Waals surface area (Å²) in [4.78, 5) is 24.8. The highest BCUT2D eigenvalue weighted by molar-refractivity contribution is 9.10. The highest BCUT2D eigenvalue weighted by Crippen LogP contribution is 2.35. The van der Waals surface area contributed by atoms with E-state index >= 15 is 0 Å². The van der Waals surface area contributed by atoms with Gasteiger partial charge >= 0.3 is 5.97 Å². The molecule has 2 rings (SSSR count). The minimum Gasteiger partial charge on any atom is -0.465 e. The van der Waals surface area contributed by atoms with Gasteiger partial charge in [-0.25, -0.2) is 4.39 Å². The van der Waals surface area contributed by atoms with E-state index < -0.39 is 17.0 Å². The Morgan fingerprint density at radius 1 is 1.27 bits per heavy atom. The first-order valence-corrected chi connectivity index (χ1v) is 9.78. The van der Waals surface area contributed by atoms with E-state index in [0.29, 0.717) is 21.5 Å². The lowest BCUT2D eigenvalue weighted by atomic mass is 10.2. The fourth-order valence-electron chi connectivity index (χ4n) is 2.06. The fraction of sp³-hybridized carbons (Fsp3) is 0.263. The molecule has 0 fully saturated rings. The van der Waals surface area contributed by atoms with Crippen LogP contribution >= 0.6 is 27.7 Å². The molecule has 0 aromatic heterocycles. The summed E-state index contributed by atoms with van der Waals surface area (Å²) in [6, 6.07) is 11.3. The molecule has 0 spiro atoms. The Balaban J connectivity index is 2.15. The van der Waals surface area contributed by atoms with E-state index in [1.807, 2.05) is 6.92 Å². The Hall–Kier alpha value is -1.86. The van der Waals surface area contributed by atoms with Crippen molar-refractivity contribution in [3.63, 3.8) is 0 Å². The van der Waals surface area contributed by atoms with Crippen molar-refractivity contribution in [3.05, 3.63) is 58.3 Å². The Morgan fingerprint density at radius 3 is 2.62 bits per heavy atom. The van der Waals surface area contributed by atoms with Gasteiger partial charge in [-0.1, -0.05) is 25.1 Å². The molecule has 2 aromatic carbocycles. The summed E-state index contributed by atoms with van der Waals surface area (Å²) in [5.41, 5.74) is 0.485. The van der Waals surface area contributed by atoms with Crippen LogP contribution in [0, 0.1) is 5.82 Å². The van der Waals surface area contributed by atoms with Gasteiger partial charge in [-0.05, 0) is 53.5 Å². The Labute approximate surface area is 164 Å². The van der Waals surface area contributed by atoms with Gasteiger partial charge in [0.15, 0.2) is 0 Å². The first-order chi connectivity index (χ1) is 12.4. The van der Waals surface area contributed by atoms with Crippen molar-refractivity contribution >= 4 is 45.3 Å². The monoisotopic (exact) mass is 439 g/mol. The highest BCUT2D eigenvalue weighted by atomic mass is 79.9. The minimum atomic E-state index is -0.563. The van der Waals surface area contributed by atoms with Crippen LogP contribution in [0.5, 0.6) is 0 Å². The van der Waals surface area contributed by atoms with E-state index in [1.165, 1.54) is 23.9 Å². The van der Waals surface area contributed by atoms with Crippen LogP contribution in [0.4, 0.5) is 10.1 Å². The topological polar surface area (TPSA) is 55.4 Å². The van der Waals surface area contributed by atoms with Gasteiger partial charge < -0.3 is 10.1 Å². The number of carbonyl (C=O) groups is 2. The van der Waals surface area contributed by atoms with Crippen molar-refractivity contribution in [2.45, 2.75) is 30.4 Å². The van der Waals surface area contributed by atoms with Crippen molar-refractivity contribution in [1.29, 1.82) is 0 Å². The summed E-state index contributed by atoms with van der Waals surface area (Å²) >= 11 is 4.53. The summed E-state index contributed by atoms with van der Waals surface area (Å²) in [5.74, 6) is -1.30. The van der Waals surface area contributed by atoms with Crippen LogP contribution in [0.25, 0.3) is 0 Å². The van der Waals surface area contributed by atoms with Crippen molar-refractivity contribution < 1.29 is 18.7 Å². The van der Waals surface area contributed by atoms with Crippen molar-refractivity contribution in [3.8, 4) is 0 Å². The number of thioether (sulfide) groups is 1. The Morgan fingerprint density at radius 2 is 1.96 bits per heavy atom. The average molecular weight is 440 g/mol. The maximum Gasteiger partial charge on any atom is 0.319 e.